The van der Waals surface area contributed by atoms with Crippen LogP contribution in [0.3, 0.4) is 0 Å². The van der Waals surface area contributed by atoms with Crippen molar-refractivity contribution in [3.8, 4) is 0 Å². The van der Waals surface area contributed by atoms with Crippen molar-refractivity contribution in [1.82, 2.24) is 9.80 Å². The Morgan fingerprint density at radius 1 is 1.40 bits per heavy atom. The van der Waals surface area contributed by atoms with Gasteiger partial charge in [0.05, 0.1) is 6.61 Å². The molecule has 114 valence electrons. The molecule has 0 amide bonds. The third-order valence-corrected chi connectivity index (χ3v) is 3.54. The maximum Gasteiger partial charge on any atom is 0.114 e. The molecule has 0 aromatic rings. The standard InChI is InChI=1S/C13H23N3O4/c1-15(2)3-4-16-6-9(5-14-8-16)13-12(19)11(18)10(7-17)20-13/h5-6,10-13,17-19H,3-4,7-8H2,1-2H3/t10-,11-,12-,13+/m1/s1. The highest BCUT2D eigenvalue weighted by Gasteiger charge is 2.43. The highest BCUT2D eigenvalue weighted by Crippen LogP contribution is 2.26. The lowest BCUT2D eigenvalue weighted by Crippen LogP contribution is -2.36. The lowest BCUT2D eigenvalue weighted by Gasteiger charge is -2.26. The molecule has 2 rings (SSSR count). The maximum atomic E-state index is 10.0. The van der Waals surface area contributed by atoms with Crippen molar-refractivity contribution < 1.29 is 20.1 Å². The minimum absolute atomic E-state index is 0.316. The Bertz CT molecular complexity index is 386. The molecule has 2 aliphatic rings. The van der Waals surface area contributed by atoms with Crippen molar-refractivity contribution in [3.63, 3.8) is 0 Å². The van der Waals surface area contributed by atoms with Crippen LogP contribution in [0.15, 0.2) is 16.8 Å². The van der Waals surface area contributed by atoms with E-state index in [-0.39, 0.29) is 6.61 Å². The van der Waals surface area contributed by atoms with Gasteiger partial charge < -0.3 is 29.9 Å². The Labute approximate surface area is 118 Å². The van der Waals surface area contributed by atoms with Crippen LogP contribution in [0.1, 0.15) is 0 Å². The van der Waals surface area contributed by atoms with E-state index in [1.807, 2.05) is 25.2 Å². The van der Waals surface area contributed by atoms with Gasteiger partial charge in [-0.2, -0.15) is 0 Å². The first kappa shape index (κ1) is 15.4. The zero-order valence-corrected chi connectivity index (χ0v) is 11.9. The van der Waals surface area contributed by atoms with E-state index in [9.17, 15) is 10.2 Å². The molecule has 2 heterocycles. The second kappa shape index (κ2) is 6.64. The molecule has 0 spiro atoms. The van der Waals surface area contributed by atoms with Crippen LogP contribution in [-0.4, -0.2) is 96.2 Å². The minimum Gasteiger partial charge on any atom is -0.394 e. The SMILES string of the molecule is CN(C)CCN1C=C([C@@H]2O[C@H](CO)[C@@H](O)[C@H]2O)C=NC1. The molecule has 0 aliphatic carbocycles. The van der Waals surface area contributed by atoms with Crippen LogP contribution in [0, 0.1) is 0 Å². The average molecular weight is 285 g/mol. The number of ether oxygens (including phenoxy) is 1. The Balaban J connectivity index is 2.02. The molecular weight excluding hydrogens is 262 g/mol. The molecule has 7 nitrogen and oxygen atoms in total. The van der Waals surface area contributed by atoms with Crippen molar-refractivity contribution >= 4 is 6.21 Å². The van der Waals surface area contributed by atoms with E-state index in [0.29, 0.717) is 6.67 Å². The van der Waals surface area contributed by atoms with Crippen LogP contribution in [0.25, 0.3) is 0 Å². The van der Waals surface area contributed by atoms with Gasteiger partial charge in [-0.1, -0.05) is 0 Å². The second-order valence-corrected chi connectivity index (χ2v) is 5.46. The molecule has 4 atom stereocenters. The molecule has 0 unspecified atom stereocenters. The van der Waals surface area contributed by atoms with E-state index in [1.54, 1.807) is 6.21 Å². The number of nitrogens with zero attached hydrogens (tertiary/aromatic N) is 3. The molecule has 20 heavy (non-hydrogen) atoms. The molecule has 1 saturated heterocycles. The number of rotatable bonds is 5. The average Bonchev–Trinajstić information content (AvgIpc) is 2.73. The number of aliphatic hydroxyl groups is 3. The quantitative estimate of drug-likeness (QED) is 0.555. The Morgan fingerprint density at radius 2 is 2.15 bits per heavy atom. The third kappa shape index (κ3) is 3.36. The maximum absolute atomic E-state index is 10.0. The molecule has 0 bridgehead atoms. The van der Waals surface area contributed by atoms with Gasteiger partial charge in [-0.3, -0.25) is 4.99 Å². The molecule has 7 heteroatoms. The van der Waals surface area contributed by atoms with E-state index in [1.165, 1.54) is 0 Å². The van der Waals surface area contributed by atoms with Gasteiger partial charge in [0.1, 0.15) is 31.1 Å². The summed E-state index contributed by atoms with van der Waals surface area (Å²) in [5, 5.41) is 28.9. The lowest BCUT2D eigenvalue weighted by atomic mass is 10.0. The lowest BCUT2D eigenvalue weighted by molar-refractivity contribution is -0.0133. The first-order valence-corrected chi connectivity index (χ1v) is 6.75. The largest absolute Gasteiger partial charge is 0.394 e. The van der Waals surface area contributed by atoms with Gasteiger partial charge in [-0.05, 0) is 14.1 Å². The summed E-state index contributed by atoms with van der Waals surface area (Å²) in [5.74, 6) is 0. The fourth-order valence-electron chi connectivity index (χ4n) is 2.32. The van der Waals surface area contributed by atoms with Crippen LogP contribution in [-0.2, 0) is 4.74 Å². The smallest absolute Gasteiger partial charge is 0.114 e. The number of hydrogen-bond acceptors (Lipinski definition) is 7. The summed E-state index contributed by atoms with van der Waals surface area (Å²) < 4.78 is 5.50. The second-order valence-electron chi connectivity index (χ2n) is 5.46. The number of likely N-dealkylation sites (N-methyl/N-ethyl adjacent to an activating group) is 1. The fourth-order valence-corrected chi connectivity index (χ4v) is 2.32. The van der Waals surface area contributed by atoms with Crippen LogP contribution < -0.4 is 0 Å². The zero-order chi connectivity index (χ0) is 14.7. The Morgan fingerprint density at radius 3 is 2.75 bits per heavy atom. The van der Waals surface area contributed by atoms with Crippen LogP contribution in [0.2, 0.25) is 0 Å². The molecular formula is C13H23N3O4. The molecule has 0 aromatic heterocycles. The summed E-state index contributed by atoms with van der Waals surface area (Å²) >= 11 is 0. The van der Waals surface area contributed by atoms with Gasteiger partial charge in [0.2, 0.25) is 0 Å². The number of aliphatic imine (C=N–C) groups is 1. The highest BCUT2D eigenvalue weighted by molar-refractivity contribution is 5.80. The first-order chi connectivity index (χ1) is 9.52. The van der Waals surface area contributed by atoms with Crippen molar-refractivity contribution in [2.24, 2.45) is 4.99 Å². The monoisotopic (exact) mass is 285 g/mol. The van der Waals surface area contributed by atoms with Gasteiger partial charge >= 0.3 is 0 Å². The van der Waals surface area contributed by atoms with Crippen molar-refractivity contribution in [2.75, 3.05) is 40.5 Å². The molecule has 0 saturated carbocycles. The van der Waals surface area contributed by atoms with E-state index < -0.39 is 24.4 Å². The van der Waals surface area contributed by atoms with Gasteiger partial charge in [0.25, 0.3) is 0 Å². The summed E-state index contributed by atoms with van der Waals surface area (Å²) in [5.41, 5.74) is 0.720. The van der Waals surface area contributed by atoms with Gasteiger partial charge in [0.15, 0.2) is 0 Å². The van der Waals surface area contributed by atoms with Crippen molar-refractivity contribution in [1.29, 1.82) is 0 Å². The highest BCUT2D eigenvalue weighted by atomic mass is 16.6. The molecule has 2 aliphatic heterocycles. The summed E-state index contributed by atoms with van der Waals surface area (Å²) in [6.45, 7) is 1.98. The van der Waals surface area contributed by atoms with Crippen molar-refractivity contribution in [3.05, 3.63) is 11.8 Å². The Hall–Kier alpha value is -0.990. The minimum atomic E-state index is -1.07. The van der Waals surface area contributed by atoms with Gasteiger partial charge in [0, 0.05) is 31.1 Å². The van der Waals surface area contributed by atoms with Crippen LogP contribution in [0.4, 0.5) is 0 Å². The van der Waals surface area contributed by atoms with E-state index in [4.69, 9.17) is 9.84 Å². The van der Waals surface area contributed by atoms with E-state index >= 15 is 0 Å². The first-order valence-electron chi connectivity index (χ1n) is 6.75. The summed E-state index contributed by atoms with van der Waals surface area (Å²) in [6, 6.07) is 0. The topological polar surface area (TPSA) is 88.8 Å². The summed E-state index contributed by atoms with van der Waals surface area (Å²) in [7, 11) is 4.01. The predicted octanol–water partition coefficient (Wildman–Crippen LogP) is -1.74. The number of hydrogen-bond donors (Lipinski definition) is 3. The fraction of sp³-hybridized carbons (Fsp3) is 0.769. The van der Waals surface area contributed by atoms with Gasteiger partial charge in [-0.25, -0.2) is 0 Å². The van der Waals surface area contributed by atoms with E-state index in [0.717, 1.165) is 18.7 Å². The normalized spacial score (nSPS) is 33.9. The van der Waals surface area contributed by atoms with Crippen molar-refractivity contribution in [2.45, 2.75) is 24.4 Å². The van der Waals surface area contributed by atoms with Crippen LogP contribution in [0.5, 0.6) is 0 Å². The third-order valence-electron chi connectivity index (χ3n) is 3.54. The zero-order valence-electron chi connectivity index (χ0n) is 11.9. The summed E-state index contributed by atoms with van der Waals surface area (Å²) in [4.78, 5) is 8.37. The Kier molecular flexibility index (Phi) is 5.11. The van der Waals surface area contributed by atoms with Gasteiger partial charge in [-0.15, -0.1) is 0 Å². The number of aliphatic hydroxyl groups excluding tert-OH is 3. The predicted molar refractivity (Wildman–Crippen MR) is 74.5 cm³/mol. The molecule has 3 N–H and O–H groups in total. The van der Waals surface area contributed by atoms with Crippen LogP contribution >= 0.6 is 0 Å². The van der Waals surface area contributed by atoms with E-state index in [2.05, 4.69) is 9.89 Å². The molecule has 0 aromatic carbocycles. The molecule has 0 radical (unpaired) electrons. The summed E-state index contributed by atoms with van der Waals surface area (Å²) in [6.07, 6.45) is 0.0493. The molecule has 1 fully saturated rings.